The summed E-state index contributed by atoms with van der Waals surface area (Å²) in [6.45, 7) is 4.55. The Morgan fingerprint density at radius 3 is 1.45 bits per heavy atom. The Hall–Kier alpha value is -1.80. The Morgan fingerprint density at radius 1 is 0.645 bits per heavy atom. The maximum absolute atomic E-state index is 10.0. The topological polar surface area (TPSA) is 47.6 Å². The summed E-state index contributed by atoms with van der Waals surface area (Å²) in [6.07, 6.45) is 19.2. The summed E-state index contributed by atoms with van der Waals surface area (Å²) in [5.74, 6) is 2.65. The molecule has 0 bridgehead atoms. The first-order chi connectivity index (χ1) is 15.2. The minimum absolute atomic E-state index is 0.461. The Bertz CT molecular complexity index is 765. The van der Waals surface area contributed by atoms with E-state index in [4.69, 9.17) is 0 Å². The van der Waals surface area contributed by atoms with Crippen molar-refractivity contribution in [3.05, 3.63) is 34.4 Å². The largest absolute Gasteiger partial charge is 0.192 e. The Labute approximate surface area is 191 Å². The first-order valence-corrected chi connectivity index (χ1v) is 13.2. The molecule has 2 heteroatoms. The lowest BCUT2D eigenvalue weighted by molar-refractivity contribution is 0.301. The van der Waals surface area contributed by atoms with Gasteiger partial charge in [0.1, 0.15) is 12.1 Å². The third-order valence-electron chi connectivity index (χ3n) is 8.25. The molecule has 2 saturated carbocycles. The van der Waals surface area contributed by atoms with Crippen LogP contribution in [0.1, 0.15) is 144 Å². The fourth-order valence-electron chi connectivity index (χ4n) is 6.26. The molecule has 0 N–H and O–H groups in total. The zero-order valence-electron chi connectivity index (χ0n) is 20.0. The predicted molar refractivity (Wildman–Crippen MR) is 129 cm³/mol. The van der Waals surface area contributed by atoms with Crippen LogP contribution in [-0.2, 0) is 0 Å². The second-order valence-corrected chi connectivity index (χ2v) is 10.3. The zero-order valence-corrected chi connectivity index (χ0v) is 20.0. The van der Waals surface area contributed by atoms with Crippen LogP contribution in [0, 0.1) is 34.5 Å². The van der Waals surface area contributed by atoms with Crippen molar-refractivity contribution in [2.75, 3.05) is 0 Å². The van der Waals surface area contributed by atoms with Crippen LogP contribution < -0.4 is 0 Å². The summed E-state index contributed by atoms with van der Waals surface area (Å²) in [4.78, 5) is 0. The molecule has 0 heterocycles. The van der Waals surface area contributed by atoms with Gasteiger partial charge in [-0.3, -0.25) is 0 Å². The minimum Gasteiger partial charge on any atom is -0.192 e. The van der Waals surface area contributed by atoms with Crippen molar-refractivity contribution in [1.82, 2.24) is 0 Å². The molecule has 0 atom stereocenters. The van der Waals surface area contributed by atoms with Gasteiger partial charge in [0.2, 0.25) is 0 Å². The first-order valence-electron chi connectivity index (χ1n) is 13.2. The lowest BCUT2D eigenvalue weighted by atomic mass is 9.72. The van der Waals surface area contributed by atoms with Crippen molar-refractivity contribution >= 4 is 0 Å². The average molecular weight is 419 g/mol. The van der Waals surface area contributed by atoms with Gasteiger partial charge in [0.15, 0.2) is 0 Å². The number of nitriles is 2. The molecule has 2 fully saturated rings. The van der Waals surface area contributed by atoms with Crippen molar-refractivity contribution < 1.29 is 0 Å². The number of benzene rings is 1. The van der Waals surface area contributed by atoms with Crippen molar-refractivity contribution in [1.29, 1.82) is 10.5 Å². The monoisotopic (exact) mass is 418 g/mol. The van der Waals surface area contributed by atoms with E-state index in [9.17, 15) is 10.5 Å². The third kappa shape index (κ3) is 6.13. The molecule has 0 radical (unpaired) electrons. The van der Waals surface area contributed by atoms with Gasteiger partial charge in [-0.05, 0) is 86.2 Å². The standard InChI is InChI=1S/C29H42N2/c1-3-5-7-9-23-12-16-25(17-13-23)27-19-18-26(28(20-30)29(27)21-31)24-14-10-22(11-15-24)8-6-4-2/h18-19,22-25H,3-17H2,1-2H3/t22-,23-,24-,25-. The van der Waals surface area contributed by atoms with Crippen LogP contribution in [0.3, 0.4) is 0 Å². The number of nitrogens with zero attached hydrogens (tertiary/aromatic N) is 2. The van der Waals surface area contributed by atoms with E-state index < -0.39 is 0 Å². The molecule has 2 aliphatic rings. The summed E-state index contributed by atoms with van der Waals surface area (Å²) in [6, 6.07) is 9.36. The van der Waals surface area contributed by atoms with Crippen molar-refractivity contribution in [3.63, 3.8) is 0 Å². The molecule has 0 amide bonds. The number of hydrogen-bond acceptors (Lipinski definition) is 2. The number of unbranched alkanes of at least 4 members (excludes halogenated alkanes) is 3. The van der Waals surface area contributed by atoms with E-state index in [2.05, 4.69) is 38.1 Å². The fourth-order valence-corrected chi connectivity index (χ4v) is 6.26. The van der Waals surface area contributed by atoms with Gasteiger partial charge in [-0.15, -0.1) is 0 Å². The normalized spacial score (nSPS) is 26.2. The van der Waals surface area contributed by atoms with Crippen molar-refractivity contribution in [3.8, 4) is 12.1 Å². The van der Waals surface area contributed by atoms with E-state index in [1.165, 1.54) is 96.3 Å². The SMILES string of the molecule is CCCCC[C@H]1CC[C@H](c2ccc([C@H]3CC[C@H](CCCC)CC3)c(C#N)c2C#N)CC1. The van der Waals surface area contributed by atoms with Crippen LogP contribution in [0.15, 0.2) is 12.1 Å². The molecule has 0 spiro atoms. The smallest absolute Gasteiger partial charge is 0.101 e. The lowest BCUT2D eigenvalue weighted by Crippen LogP contribution is -2.17. The third-order valence-corrected chi connectivity index (χ3v) is 8.25. The summed E-state index contributed by atoms with van der Waals surface area (Å²) in [5.41, 5.74) is 3.71. The maximum atomic E-state index is 10.0. The highest BCUT2D eigenvalue weighted by Crippen LogP contribution is 2.43. The predicted octanol–water partition coefficient (Wildman–Crippen LogP) is 8.75. The lowest BCUT2D eigenvalue weighted by Gasteiger charge is -2.31. The Balaban J connectivity index is 1.68. The van der Waals surface area contributed by atoms with Gasteiger partial charge in [-0.2, -0.15) is 10.5 Å². The molecule has 0 aromatic heterocycles. The second kappa shape index (κ2) is 12.3. The van der Waals surface area contributed by atoms with Crippen LogP contribution in [0.5, 0.6) is 0 Å². The van der Waals surface area contributed by atoms with Crippen molar-refractivity contribution in [2.24, 2.45) is 11.8 Å². The molecule has 31 heavy (non-hydrogen) atoms. The highest BCUT2D eigenvalue weighted by atomic mass is 14.4. The highest BCUT2D eigenvalue weighted by Gasteiger charge is 2.29. The van der Waals surface area contributed by atoms with Gasteiger partial charge in [-0.1, -0.05) is 70.9 Å². The van der Waals surface area contributed by atoms with E-state index in [0.29, 0.717) is 23.0 Å². The molecule has 0 saturated heterocycles. The molecule has 2 aliphatic carbocycles. The summed E-state index contributed by atoms with van der Waals surface area (Å²) in [5, 5.41) is 20.0. The molecular weight excluding hydrogens is 376 g/mol. The fraction of sp³-hybridized carbons (Fsp3) is 0.724. The van der Waals surface area contributed by atoms with E-state index in [0.717, 1.165) is 23.0 Å². The maximum Gasteiger partial charge on any atom is 0.101 e. The van der Waals surface area contributed by atoms with Gasteiger partial charge in [-0.25, -0.2) is 0 Å². The minimum atomic E-state index is 0.461. The van der Waals surface area contributed by atoms with Gasteiger partial charge in [0.25, 0.3) is 0 Å². The van der Waals surface area contributed by atoms with E-state index in [-0.39, 0.29) is 0 Å². The molecule has 0 aliphatic heterocycles. The van der Waals surface area contributed by atoms with Gasteiger partial charge < -0.3 is 0 Å². The number of hydrogen-bond donors (Lipinski definition) is 0. The Kier molecular flexibility index (Phi) is 9.46. The molecule has 1 aromatic rings. The van der Waals surface area contributed by atoms with Crippen LogP contribution >= 0.6 is 0 Å². The van der Waals surface area contributed by atoms with Gasteiger partial charge >= 0.3 is 0 Å². The van der Waals surface area contributed by atoms with Gasteiger partial charge in [0, 0.05) is 0 Å². The summed E-state index contributed by atoms with van der Waals surface area (Å²) < 4.78 is 0. The van der Waals surface area contributed by atoms with Crippen LogP contribution in [0.2, 0.25) is 0 Å². The zero-order chi connectivity index (χ0) is 22.1. The summed E-state index contributed by atoms with van der Waals surface area (Å²) in [7, 11) is 0. The van der Waals surface area contributed by atoms with Gasteiger partial charge in [0.05, 0.1) is 11.1 Å². The second-order valence-electron chi connectivity index (χ2n) is 10.3. The molecule has 1 aromatic carbocycles. The van der Waals surface area contributed by atoms with Crippen molar-refractivity contribution in [2.45, 2.75) is 122 Å². The number of rotatable bonds is 9. The molecule has 3 rings (SSSR count). The van der Waals surface area contributed by atoms with E-state index in [1.807, 2.05) is 0 Å². The average Bonchev–Trinajstić information content (AvgIpc) is 2.82. The first kappa shape index (κ1) is 23.9. The summed E-state index contributed by atoms with van der Waals surface area (Å²) >= 11 is 0. The Morgan fingerprint density at radius 2 is 1.06 bits per heavy atom. The highest BCUT2D eigenvalue weighted by molar-refractivity contribution is 5.56. The van der Waals surface area contributed by atoms with Crippen LogP contribution in [0.4, 0.5) is 0 Å². The van der Waals surface area contributed by atoms with E-state index >= 15 is 0 Å². The quantitative estimate of drug-likeness (QED) is 0.376. The van der Waals surface area contributed by atoms with E-state index in [1.54, 1.807) is 0 Å². The molecule has 2 nitrogen and oxygen atoms in total. The van der Waals surface area contributed by atoms with Crippen LogP contribution in [-0.4, -0.2) is 0 Å². The molecule has 0 unspecified atom stereocenters. The van der Waals surface area contributed by atoms with Crippen LogP contribution in [0.25, 0.3) is 0 Å². The molecule has 168 valence electrons. The molecular formula is C29H42N2.